The second kappa shape index (κ2) is 10.0. The van der Waals surface area contributed by atoms with Crippen LogP contribution in [0.25, 0.3) is 11.0 Å². The number of aromatic amines is 1. The Kier molecular flexibility index (Phi) is 6.90. The van der Waals surface area contributed by atoms with Crippen molar-refractivity contribution in [3.8, 4) is 0 Å². The van der Waals surface area contributed by atoms with E-state index in [1.54, 1.807) is 23.3 Å². The fourth-order valence-electron chi connectivity index (χ4n) is 3.84. The van der Waals surface area contributed by atoms with Crippen LogP contribution in [0, 0.1) is 0 Å². The molecule has 0 aromatic carbocycles. The molecule has 0 bridgehead atoms. The summed E-state index contributed by atoms with van der Waals surface area (Å²) in [5, 5.41) is 13.6. The number of aromatic nitrogens is 5. The summed E-state index contributed by atoms with van der Waals surface area (Å²) in [5.74, 6) is -0.962. The Morgan fingerprint density at radius 3 is 2.79 bits per heavy atom. The molecule has 10 nitrogen and oxygen atoms in total. The Balaban J connectivity index is 0.000000160. The second-order valence-electron chi connectivity index (χ2n) is 7.86. The molecule has 0 unspecified atom stereocenters. The van der Waals surface area contributed by atoms with Crippen molar-refractivity contribution in [2.45, 2.75) is 25.4 Å². The van der Waals surface area contributed by atoms with Gasteiger partial charge in [-0.1, -0.05) is 0 Å². The maximum absolute atomic E-state index is 10.6. The van der Waals surface area contributed by atoms with Crippen LogP contribution < -0.4 is 16.4 Å². The molecule has 6 N–H and O–H groups in total. The summed E-state index contributed by atoms with van der Waals surface area (Å²) < 4.78 is 2.55. The fourth-order valence-corrected chi connectivity index (χ4v) is 4.39. The van der Waals surface area contributed by atoms with Gasteiger partial charge in [-0.15, -0.1) is 0 Å². The van der Waals surface area contributed by atoms with E-state index in [0.29, 0.717) is 6.54 Å². The average molecular weight is 513 g/mol. The van der Waals surface area contributed by atoms with Crippen molar-refractivity contribution in [2.24, 2.45) is 5.73 Å². The first-order valence-corrected chi connectivity index (χ1v) is 11.3. The predicted molar refractivity (Wildman–Crippen MR) is 130 cm³/mol. The zero-order valence-electron chi connectivity index (χ0n) is 17.9. The van der Waals surface area contributed by atoms with Crippen molar-refractivity contribution in [1.82, 2.24) is 24.7 Å². The zero-order chi connectivity index (χ0) is 23.4. The number of fused-ring (bicyclic) bond motifs is 1. The van der Waals surface area contributed by atoms with Crippen molar-refractivity contribution in [3.63, 3.8) is 0 Å². The minimum absolute atomic E-state index is 0.198. The van der Waals surface area contributed by atoms with E-state index in [1.807, 2.05) is 18.3 Å². The molecule has 4 aromatic heterocycles. The molecule has 4 aromatic rings. The summed E-state index contributed by atoms with van der Waals surface area (Å²) >= 11 is 3.58. The van der Waals surface area contributed by atoms with Gasteiger partial charge in [0.2, 0.25) is 0 Å². The van der Waals surface area contributed by atoms with Gasteiger partial charge in [0.15, 0.2) is 0 Å². The Morgan fingerprint density at radius 1 is 1.30 bits per heavy atom. The van der Waals surface area contributed by atoms with Crippen LogP contribution in [0.5, 0.6) is 0 Å². The lowest BCUT2D eigenvalue weighted by atomic mass is 10.1. The van der Waals surface area contributed by atoms with Gasteiger partial charge in [-0.2, -0.15) is 5.10 Å². The van der Waals surface area contributed by atoms with Gasteiger partial charge in [0, 0.05) is 50.1 Å². The largest absolute Gasteiger partial charge is 0.478 e. The predicted octanol–water partition coefficient (Wildman–Crippen LogP) is 2.86. The highest BCUT2D eigenvalue weighted by Gasteiger charge is 2.22. The number of anilines is 2. The van der Waals surface area contributed by atoms with E-state index in [9.17, 15) is 4.79 Å². The lowest BCUT2D eigenvalue weighted by molar-refractivity contribution is 0.0696. The van der Waals surface area contributed by atoms with E-state index in [4.69, 9.17) is 16.6 Å². The summed E-state index contributed by atoms with van der Waals surface area (Å²) in [5.41, 5.74) is 16.0. The molecule has 1 aliphatic rings. The standard InChI is InChI=1S/C12H16BrN5.C10H9N3O2/c13-8-4-16-12-10(9(15)5-17-12)11(8)18-3-1-2-7(14)6-18;14-10(15)9-5-12-13(7-9)6-8-1-3-11-4-2-8/h4-5,7H,1-3,6,14-15H2,(H,16,17);1-5,7H,6H2,(H,14,15)/t7-;/m1./s1. The minimum atomic E-state index is -0.962. The van der Waals surface area contributed by atoms with Crippen molar-refractivity contribution < 1.29 is 9.90 Å². The summed E-state index contributed by atoms with van der Waals surface area (Å²) in [6, 6.07) is 3.96. The molecule has 0 radical (unpaired) electrons. The molecule has 5 heterocycles. The summed E-state index contributed by atoms with van der Waals surface area (Å²) in [4.78, 5) is 24.2. The highest BCUT2D eigenvalue weighted by atomic mass is 79.9. The number of halogens is 1. The van der Waals surface area contributed by atoms with Crippen molar-refractivity contribution in [1.29, 1.82) is 0 Å². The molecule has 0 amide bonds. The number of carboxylic acids is 1. The van der Waals surface area contributed by atoms with E-state index in [1.165, 1.54) is 12.4 Å². The van der Waals surface area contributed by atoms with Gasteiger partial charge < -0.3 is 26.5 Å². The van der Waals surface area contributed by atoms with Gasteiger partial charge in [-0.25, -0.2) is 9.78 Å². The molecule has 1 fully saturated rings. The number of carboxylic acid groups (broad SMARTS) is 1. The molecule has 1 saturated heterocycles. The van der Waals surface area contributed by atoms with E-state index < -0.39 is 5.97 Å². The number of rotatable bonds is 4. The normalized spacial score (nSPS) is 15.8. The Hall–Kier alpha value is -3.44. The third-order valence-electron chi connectivity index (χ3n) is 5.41. The SMILES string of the molecule is Nc1c[nH]c2ncc(Br)c(N3CCC[C@@H](N)C3)c12.O=C(O)c1cnn(Cc2ccncc2)c1. The first kappa shape index (κ1) is 22.7. The minimum Gasteiger partial charge on any atom is -0.478 e. The number of hydrogen-bond donors (Lipinski definition) is 4. The number of nitrogens with two attached hydrogens (primary N) is 2. The van der Waals surface area contributed by atoms with E-state index in [0.717, 1.165) is 58.4 Å². The van der Waals surface area contributed by atoms with E-state index in [-0.39, 0.29) is 11.6 Å². The average Bonchev–Trinajstić information content (AvgIpc) is 3.42. The first-order valence-electron chi connectivity index (χ1n) is 10.5. The Labute approximate surface area is 198 Å². The third-order valence-corrected chi connectivity index (χ3v) is 5.99. The molecule has 1 aliphatic heterocycles. The number of nitrogens with one attached hydrogen (secondary N) is 1. The number of aromatic carboxylic acids is 1. The van der Waals surface area contributed by atoms with E-state index >= 15 is 0 Å². The monoisotopic (exact) mass is 512 g/mol. The molecule has 11 heteroatoms. The molecular weight excluding hydrogens is 488 g/mol. The molecule has 0 aliphatic carbocycles. The zero-order valence-corrected chi connectivity index (χ0v) is 19.4. The van der Waals surface area contributed by atoms with Gasteiger partial charge in [0.25, 0.3) is 0 Å². The molecule has 5 rings (SSSR count). The highest BCUT2D eigenvalue weighted by Crippen LogP contribution is 2.37. The number of hydrogen-bond acceptors (Lipinski definition) is 7. The smallest absolute Gasteiger partial charge is 0.338 e. The number of nitrogens with zero attached hydrogens (tertiary/aromatic N) is 5. The molecular formula is C22H25BrN8O2. The lowest BCUT2D eigenvalue weighted by Crippen LogP contribution is -2.43. The van der Waals surface area contributed by atoms with E-state index in [2.05, 4.69) is 40.9 Å². The second-order valence-corrected chi connectivity index (χ2v) is 8.71. The number of pyridine rings is 2. The molecule has 172 valence electrons. The van der Waals surface area contributed by atoms with Crippen molar-refractivity contribution in [2.75, 3.05) is 23.7 Å². The maximum Gasteiger partial charge on any atom is 0.338 e. The van der Waals surface area contributed by atoms with Crippen LogP contribution in [0.1, 0.15) is 28.8 Å². The number of H-pyrrole nitrogens is 1. The van der Waals surface area contributed by atoms with Crippen molar-refractivity contribution >= 4 is 44.3 Å². The van der Waals surface area contributed by atoms with Crippen LogP contribution in [0.2, 0.25) is 0 Å². The first-order chi connectivity index (χ1) is 15.9. The molecule has 1 atom stereocenters. The van der Waals surface area contributed by atoms with Crippen LogP contribution in [0.4, 0.5) is 11.4 Å². The van der Waals surface area contributed by atoms with Gasteiger partial charge in [0.05, 0.1) is 39.5 Å². The van der Waals surface area contributed by atoms with Crippen LogP contribution in [-0.2, 0) is 6.54 Å². The van der Waals surface area contributed by atoms with Crippen LogP contribution in [0.15, 0.2) is 53.8 Å². The highest BCUT2D eigenvalue weighted by molar-refractivity contribution is 9.10. The summed E-state index contributed by atoms with van der Waals surface area (Å²) in [7, 11) is 0. The van der Waals surface area contributed by atoms with Gasteiger partial charge in [-0.3, -0.25) is 9.67 Å². The summed E-state index contributed by atoms with van der Waals surface area (Å²) in [6.45, 7) is 2.42. The van der Waals surface area contributed by atoms with Gasteiger partial charge in [-0.05, 0) is 46.5 Å². The quantitative estimate of drug-likeness (QED) is 0.325. The summed E-state index contributed by atoms with van der Waals surface area (Å²) in [6.07, 6.45) is 12.0. The van der Waals surface area contributed by atoms with Crippen LogP contribution >= 0.6 is 15.9 Å². The number of piperidine rings is 1. The molecule has 0 saturated carbocycles. The van der Waals surface area contributed by atoms with Crippen molar-refractivity contribution in [3.05, 3.63) is 64.9 Å². The van der Waals surface area contributed by atoms with Crippen LogP contribution in [-0.4, -0.2) is 54.9 Å². The van der Waals surface area contributed by atoms with Gasteiger partial charge in [0.1, 0.15) is 5.65 Å². The number of nitrogen functional groups attached to an aromatic ring is 1. The molecule has 0 spiro atoms. The van der Waals surface area contributed by atoms with Gasteiger partial charge >= 0.3 is 5.97 Å². The number of carbonyl (C=O) groups is 1. The topological polar surface area (TPSA) is 152 Å². The maximum atomic E-state index is 10.6. The fraction of sp³-hybridized carbons (Fsp3) is 0.273. The Bertz CT molecular complexity index is 1240. The third kappa shape index (κ3) is 5.32. The molecule has 33 heavy (non-hydrogen) atoms. The lowest BCUT2D eigenvalue weighted by Gasteiger charge is -2.33. The van der Waals surface area contributed by atoms with Crippen LogP contribution in [0.3, 0.4) is 0 Å². The Morgan fingerprint density at radius 2 is 2.09 bits per heavy atom.